The van der Waals surface area contributed by atoms with E-state index in [4.69, 9.17) is 0 Å². The molecule has 4 nitrogen and oxygen atoms in total. The highest BCUT2D eigenvalue weighted by atomic mass is 32.2. The maximum atomic E-state index is 4.50. The van der Waals surface area contributed by atoms with E-state index in [1.807, 2.05) is 6.07 Å². The Balaban J connectivity index is 1.86. The minimum absolute atomic E-state index is 0.516. The number of H-pyrrole nitrogens is 1. The predicted octanol–water partition coefficient (Wildman–Crippen LogP) is 4.26. The molecule has 21 heavy (non-hydrogen) atoms. The second kappa shape index (κ2) is 4.91. The van der Waals surface area contributed by atoms with Crippen LogP contribution in [0.5, 0.6) is 0 Å². The van der Waals surface area contributed by atoms with Crippen LogP contribution in [0.25, 0.3) is 22.3 Å². The molecule has 0 atom stereocenters. The fourth-order valence-electron chi connectivity index (χ4n) is 2.67. The lowest BCUT2D eigenvalue weighted by molar-refractivity contribution is 0.668. The number of benzene rings is 1. The highest BCUT2D eigenvalue weighted by molar-refractivity contribution is 7.99. The van der Waals surface area contributed by atoms with E-state index in [1.54, 1.807) is 11.8 Å². The minimum atomic E-state index is 0.516. The van der Waals surface area contributed by atoms with E-state index in [0.29, 0.717) is 11.3 Å². The van der Waals surface area contributed by atoms with Gasteiger partial charge in [-0.2, -0.15) is 0 Å². The van der Waals surface area contributed by atoms with E-state index in [9.17, 15) is 0 Å². The fourth-order valence-corrected chi connectivity index (χ4v) is 3.53. The molecule has 0 aliphatic heterocycles. The smallest absolute Gasteiger partial charge is 0.192 e. The number of hydrogen-bond acceptors (Lipinski definition) is 3. The predicted molar refractivity (Wildman–Crippen MR) is 86.6 cm³/mol. The molecule has 1 aliphatic carbocycles. The van der Waals surface area contributed by atoms with Gasteiger partial charge >= 0.3 is 0 Å². The first-order valence-corrected chi connectivity index (χ1v) is 8.30. The molecule has 1 N–H and O–H groups in total. The molecule has 5 heteroatoms. The summed E-state index contributed by atoms with van der Waals surface area (Å²) in [6.07, 6.45) is 4.52. The molecule has 1 aromatic carbocycles. The van der Waals surface area contributed by atoms with E-state index >= 15 is 0 Å². The Kier molecular flexibility index (Phi) is 3.03. The summed E-state index contributed by atoms with van der Waals surface area (Å²) in [6.45, 7) is 4.39. The third kappa shape index (κ3) is 2.25. The van der Waals surface area contributed by atoms with E-state index in [0.717, 1.165) is 22.1 Å². The van der Waals surface area contributed by atoms with Crippen LogP contribution in [0.4, 0.5) is 0 Å². The Labute approximate surface area is 128 Å². The van der Waals surface area contributed by atoms with E-state index in [1.165, 1.54) is 18.2 Å². The number of hydrogen-bond donors (Lipinski definition) is 1. The van der Waals surface area contributed by atoms with Crippen LogP contribution in [0, 0.1) is 0 Å². The summed E-state index contributed by atoms with van der Waals surface area (Å²) in [7, 11) is 0. The first-order valence-electron chi connectivity index (χ1n) is 7.42. The van der Waals surface area contributed by atoms with Crippen molar-refractivity contribution in [1.82, 2.24) is 19.7 Å². The Morgan fingerprint density at radius 3 is 2.81 bits per heavy atom. The van der Waals surface area contributed by atoms with Crippen molar-refractivity contribution >= 4 is 22.7 Å². The van der Waals surface area contributed by atoms with Crippen molar-refractivity contribution in [1.29, 1.82) is 0 Å². The molecule has 1 aliphatic rings. The quantitative estimate of drug-likeness (QED) is 0.732. The Bertz CT molecular complexity index is 783. The van der Waals surface area contributed by atoms with Crippen molar-refractivity contribution in [3.63, 3.8) is 0 Å². The summed E-state index contributed by atoms with van der Waals surface area (Å²) in [5.74, 6) is 0.998. The van der Waals surface area contributed by atoms with Crippen molar-refractivity contribution < 1.29 is 0 Å². The number of aromatic nitrogens is 4. The molecule has 0 spiro atoms. The van der Waals surface area contributed by atoms with Crippen molar-refractivity contribution in [2.24, 2.45) is 0 Å². The molecule has 1 saturated carbocycles. The molecule has 2 heterocycles. The molecule has 0 amide bonds. The van der Waals surface area contributed by atoms with Gasteiger partial charge in [0.25, 0.3) is 0 Å². The zero-order valence-electron chi connectivity index (χ0n) is 12.2. The lowest BCUT2D eigenvalue weighted by Crippen LogP contribution is -2.01. The van der Waals surface area contributed by atoms with Gasteiger partial charge in [-0.3, -0.25) is 4.57 Å². The normalized spacial score (nSPS) is 15.2. The van der Waals surface area contributed by atoms with E-state index in [-0.39, 0.29) is 0 Å². The number of nitrogens with zero attached hydrogens (tertiary/aromatic N) is 3. The van der Waals surface area contributed by atoms with Gasteiger partial charge in [0.2, 0.25) is 0 Å². The third-order valence-corrected chi connectivity index (χ3v) is 4.71. The van der Waals surface area contributed by atoms with Gasteiger partial charge in [-0.05, 0) is 18.9 Å². The lowest BCUT2D eigenvalue weighted by Gasteiger charge is -2.09. The number of para-hydroxylation sites is 1. The maximum absolute atomic E-state index is 4.50. The van der Waals surface area contributed by atoms with Crippen molar-refractivity contribution in [3.05, 3.63) is 30.5 Å². The number of thioether (sulfide) groups is 1. The number of nitrogens with one attached hydrogen (secondary N) is 1. The molecule has 4 rings (SSSR count). The van der Waals surface area contributed by atoms with Crippen LogP contribution in [0.2, 0.25) is 0 Å². The van der Waals surface area contributed by atoms with Crippen molar-refractivity contribution in [3.8, 4) is 11.4 Å². The Morgan fingerprint density at radius 1 is 1.24 bits per heavy atom. The average Bonchev–Trinajstić information content (AvgIpc) is 3.08. The maximum Gasteiger partial charge on any atom is 0.192 e. The molecular formula is C16H18N4S. The first kappa shape index (κ1) is 13.0. The zero-order chi connectivity index (χ0) is 14.4. The summed E-state index contributed by atoms with van der Waals surface area (Å²) in [5.41, 5.74) is 2.30. The standard InChI is InChI=1S/C16H18N4S/c1-10(2)21-16-19-18-15(20(16)11-7-8-11)13-9-17-14-6-4-3-5-12(13)14/h3-6,9-11,17H,7-8H2,1-2H3. The molecule has 0 radical (unpaired) electrons. The molecule has 3 aromatic rings. The van der Waals surface area contributed by atoms with Crippen LogP contribution in [-0.2, 0) is 0 Å². The number of fused-ring (bicyclic) bond motifs is 1. The Hall–Kier alpha value is -1.75. The van der Waals surface area contributed by atoms with Crippen LogP contribution >= 0.6 is 11.8 Å². The molecular weight excluding hydrogens is 280 g/mol. The topological polar surface area (TPSA) is 46.5 Å². The van der Waals surface area contributed by atoms with E-state index in [2.05, 4.69) is 58.0 Å². The molecule has 0 unspecified atom stereocenters. The fraction of sp³-hybridized carbons (Fsp3) is 0.375. The van der Waals surface area contributed by atoms with Crippen LogP contribution in [0.1, 0.15) is 32.7 Å². The first-order chi connectivity index (χ1) is 10.2. The number of rotatable bonds is 4. The highest BCUT2D eigenvalue weighted by Crippen LogP contribution is 2.42. The van der Waals surface area contributed by atoms with Crippen LogP contribution in [0.15, 0.2) is 35.6 Å². The van der Waals surface area contributed by atoms with Gasteiger partial charge in [0.05, 0.1) is 0 Å². The summed E-state index contributed by atoms with van der Waals surface area (Å²) in [4.78, 5) is 3.34. The van der Waals surface area contributed by atoms with E-state index < -0.39 is 0 Å². The molecule has 108 valence electrons. The minimum Gasteiger partial charge on any atom is -0.360 e. The SMILES string of the molecule is CC(C)Sc1nnc(-c2c[nH]c3ccccc23)n1C1CC1. The summed E-state index contributed by atoms with van der Waals surface area (Å²) in [6, 6.07) is 8.93. The van der Waals surface area contributed by atoms with Crippen LogP contribution in [-0.4, -0.2) is 25.0 Å². The Morgan fingerprint density at radius 2 is 2.05 bits per heavy atom. The highest BCUT2D eigenvalue weighted by Gasteiger charge is 2.31. The van der Waals surface area contributed by atoms with Crippen molar-refractivity contribution in [2.75, 3.05) is 0 Å². The number of aromatic amines is 1. The summed E-state index contributed by atoms with van der Waals surface area (Å²) >= 11 is 1.80. The lowest BCUT2D eigenvalue weighted by atomic mass is 10.1. The molecule has 1 fully saturated rings. The monoisotopic (exact) mass is 298 g/mol. The second-order valence-electron chi connectivity index (χ2n) is 5.82. The molecule has 0 bridgehead atoms. The van der Waals surface area contributed by atoms with Gasteiger partial charge in [-0.25, -0.2) is 0 Å². The zero-order valence-corrected chi connectivity index (χ0v) is 13.0. The van der Waals surface area contributed by atoms with Gasteiger partial charge in [0, 0.05) is 34.0 Å². The van der Waals surface area contributed by atoms with Crippen LogP contribution in [0.3, 0.4) is 0 Å². The van der Waals surface area contributed by atoms with Crippen molar-refractivity contribution in [2.45, 2.75) is 43.1 Å². The molecule has 2 aromatic heterocycles. The van der Waals surface area contributed by atoms with Crippen LogP contribution < -0.4 is 0 Å². The molecule has 0 saturated heterocycles. The summed E-state index contributed by atoms with van der Waals surface area (Å²) < 4.78 is 2.33. The van der Waals surface area contributed by atoms with Gasteiger partial charge in [-0.1, -0.05) is 43.8 Å². The van der Waals surface area contributed by atoms with Gasteiger partial charge in [-0.15, -0.1) is 10.2 Å². The largest absolute Gasteiger partial charge is 0.360 e. The third-order valence-electron chi connectivity index (χ3n) is 3.75. The van der Waals surface area contributed by atoms with Gasteiger partial charge < -0.3 is 4.98 Å². The van der Waals surface area contributed by atoms with Gasteiger partial charge in [0.15, 0.2) is 11.0 Å². The second-order valence-corrected chi connectivity index (χ2v) is 7.37. The average molecular weight is 298 g/mol. The summed E-state index contributed by atoms with van der Waals surface area (Å²) in [5, 5.41) is 11.7. The van der Waals surface area contributed by atoms with Gasteiger partial charge in [0.1, 0.15) is 0 Å².